The number of likely N-dealkylation sites (tertiary alicyclic amines) is 1. The van der Waals surface area contributed by atoms with Crippen molar-refractivity contribution in [1.29, 1.82) is 0 Å². The molecule has 9 atom stereocenters. The summed E-state index contributed by atoms with van der Waals surface area (Å²) in [5, 5.41) is 9.94. The summed E-state index contributed by atoms with van der Waals surface area (Å²) >= 11 is 0. The van der Waals surface area contributed by atoms with Crippen LogP contribution in [0.5, 0.6) is 0 Å². The van der Waals surface area contributed by atoms with Crippen molar-refractivity contribution in [1.82, 2.24) is 14.7 Å². The Bertz CT molecular complexity index is 1330. The third-order valence-electron chi connectivity index (χ3n) is 11.5. The summed E-state index contributed by atoms with van der Waals surface area (Å²) in [7, 11) is 8.63. The predicted octanol–water partition coefficient (Wildman–Crippen LogP) is 5.63. The van der Waals surface area contributed by atoms with Crippen LogP contribution < -0.4 is 0 Å². The molecule has 1 aliphatic rings. The van der Waals surface area contributed by atoms with Crippen molar-refractivity contribution in [3.8, 4) is 0 Å². The fourth-order valence-electron chi connectivity index (χ4n) is 8.38. The number of aliphatic carboxylic acids is 1. The van der Waals surface area contributed by atoms with Crippen molar-refractivity contribution in [3.63, 3.8) is 0 Å². The van der Waals surface area contributed by atoms with Gasteiger partial charge in [-0.05, 0) is 56.7 Å². The molecule has 0 aliphatic carbocycles. The molecule has 1 saturated heterocycles. The van der Waals surface area contributed by atoms with Gasteiger partial charge < -0.3 is 24.4 Å². The highest BCUT2D eigenvalue weighted by Gasteiger charge is 2.43. The van der Waals surface area contributed by atoms with E-state index in [1.54, 1.807) is 30.9 Å². The Morgan fingerprint density at radius 2 is 1.49 bits per heavy atom. The minimum atomic E-state index is -1.02. The van der Waals surface area contributed by atoms with E-state index in [2.05, 4.69) is 6.92 Å². The number of carbonyl (C=O) groups is 5. The number of Topliss-reactive ketones (excluding diaryl/α,β-unsaturated/α-hetero) is 2. The van der Waals surface area contributed by atoms with Crippen molar-refractivity contribution in [2.24, 2.45) is 35.5 Å². The first-order valence-electron chi connectivity index (χ1n) is 19.5. The van der Waals surface area contributed by atoms with Crippen LogP contribution in [0.4, 0.5) is 0 Å². The molecule has 0 spiro atoms. The van der Waals surface area contributed by atoms with Gasteiger partial charge in [-0.25, -0.2) is 0 Å². The van der Waals surface area contributed by atoms with Gasteiger partial charge in [0, 0.05) is 52.5 Å². The largest absolute Gasteiger partial charge is 0.481 e. The summed E-state index contributed by atoms with van der Waals surface area (Å²) < 4.78 is 11.9. The molecular formula is C42H69N3O8. The number of carboxylic acid groups (broad SMARTS) is 1. The maximum absolute atomic E-state index is 14.3. The third kappa shape index (κ3) is 12.4. The van der Waals surface area contributed by atoms with Gasteiger partial charge in [0.2, 0.25) is 11.8 Å². The van der Waals surface area contributed by atoms with Crippen LogP contribution >= 0.6 is 0 Å². The summed E-state index contributed by atoms with van der Waals surface area (Å²) in [4.78, 5) is 73.1. The van der Waals surface area contributed by atoms with Crippen LogP contribution in [0, 0.1) is 35.5 Å². The Morgan fingerprint density at radius 3 is 1.98 bits per heavy atom. The fraction of sp³-hybridized carbons (Fsp3) is 0.738. The van der Waals surface area contributed by atoms with Crippen molar-refractivity contribution < 1.29 is 38.6 Å². The number of carbonyl (C=O) groups excluding carboxylic acids is 4. The number of ketones is 2. The summed E-state index contributed by atoms with van der Waals surface area (Å²) in [6.45, 7) is 14.3. The van der Waals surface area contributed by atoms with Crippen LogP contribution in [0.1, 0.15) is 92.6 Å². The Kier molecular flexibility index (Phi) is 18.8. The normalized spacial score (nSPS) is 19.4. The lowest BCUT2D eigenvalue weighted by molar-refractivity contribution is -0.149. The maximum Gasteiger partial charge on any atom is 0.307 e. The van der Waals surface area contributed by atoms with Gasteiger partial charge >= 0.3 is 5.97 Å². The minimum Gasteiger partial charge on any atom is -0.481 e. The molecule has 1 fully saturated rings. The molecule has 0 radical (unpaired) electrons. The van der Waals surface area contributed by atoms with E-state index in [-0.39, 0.29) is 78.9 Å². The van der Waals surface area contributed by atoms with E-state index in [1.165, 1.54) is 7.11 Å². The minimum absolute atomic E-state index is 0.00721. The first-order valence-corrected chi connectivity index (χ1v) is 19.5. The van der Waals surface area contributed by atoms with E-state index in [1.807, 2.05) is 83.9 Å². The molecule has 0 bridgehead atoms. The highest BCUT2D eigenvalue weighted by Crippen LogP contribution is 2.32. The molecular weight excluding hydrogens is 674 g/mol. The first-order chi connectivity index (χ1) is 24.9. The summed E-state index contributed by atoms with van der Waals surface area (Å²) in [5.41, 5.74) is 0.851. The average Bonchev–Trinajstić information content (AvgIpc) is 3.59. The number of benzene rings is 1. The lowest BCUT2D eigenvalue weighted by Crippen LogP contribution is -2.54. The molecule has 1 aliphatic heterocycles. The second-order valence-electron chi connectivity index (χ2n) is 16.2. The smallest absolute Gasteiger partial charge is 0.307 e. The molecule has 1 heterocycles. The summed E-state index contributed by atoms with van der Waals surface area (Å²) in [5.74, 6) is -3.49. The maximum atomic E-state index is 14.3. The Labute approximate surface area is 319 Å². The molecule has 2 amide bonds. The molecule has 0 saturated carbocycles. The molecule has 53 heavy (non-hydrogen) atoms. The zero-order chi connectivity index (χ0) is 40.2. The molecule has 1 aromatic rings. The lowest BCUT2D eigenvalue weighted by Gasteiger charge is -2.41. The first kappa shape index (κ1) is 46.0. The molecule has 1 aromatic carbocycles. The van der Waals surface area contributed by atoms with Crippen LogP contribution in [-0.2, 0) is 39.9 Å². The Hall–Kier alpha value is -3.15. The van der Waals surface area contributed by atoms with Gasteiger partial charge in [0.1, 0.15) is 5.78 Å². The number of amides is 2. The zero-order valence-corrected chi connectivity index (χ0v) is 34.5. The molecule has 11 nitrogen and oxygen atoms in total. The monoisotopic (exact) mass is 744 g/mol. The van der Waals surface area contributed by atoms with Crippen LogP contribution in [0.15, 0.2) is 30.3 Å². The van der Waals surface area contributed by atoms with Crippen molar-refractivity contribution in [2.45, 2.75) is 124 Å². The number of likely N-dealkylation sites (N-methyl/N-ethyl adjacent to an activating group) is 2. The quantitative estimate of drug-likeness (QED) is 0.152. The van der Waals surface area contributed by atoms with E-state index >= 15 is 0 Å². The van der Waals surface area contributed by atoms with Gasteiger partial charge in [0.05, 0.1) is 42.7 Å². The number of rotatable bonds is 23. The van der Waals surface area contributed by atoms with Gasteiger partial charge in [-0.3, -0.25) is 28.9 Å². The molecule has 1 N–H and O–H groups in total. The second-order valence-corrected chi connectivity index (χ2v) is 16.2. The van der Waals surface area contributed by atoms with E-state index < -0.39 is 42.0 Å². The second kappa shape index (κ2) is 21.7. The molecule has 2 rings (SSSR count). The number of hydrogen-bond donors (Lipinski definition) is 1. The van der Waals surface area contributed by atoms with E-state index in [0.717, 1.165) is 18.4 Å². The Balaban J connectivity index is 2.27. The highest BCUT2D eigenvalue weighted by atomic mass is 16.5. The van der Waals surface area contributed by atoms with Gasteiger partial charge in [0.25, 0.3) is 0 Å². The topological polar surface area (TPSA) is 134 Å². The molecule has 0 aromatic heterocycles. The number of hydrogen-bond acceptors (Lipinski definition) is 8. The van der Waals surface area contributed by atoms with Gasteiger partial charge in [-0.15, -0.1) is 0 Å². The van der Waals surface area contributed by atoms with Crippen molar-refractivity contribution in [3.05, 3.63) is 35.9 Å². The third-order valence-corrected chi connectivity index (χ3v) is 11.5. The van der Waals surface area contributed by atoms with Crippen LogP contribution in [0.2, 0.25) is 0 Å². The number of carboxylic acids is 1. The number of methoxy groups -OCH3 is 2. The van der Waals surface area contributed by atoms with E-state index in [0.29, 0.717) is 13.0 Å². The van der Waals surface area contributed by atoms with Crippen LogP contribution in [-0.4, -0.2) is 121 Å². The average molecular weight is 744 g/mol. The predicted molar refractivity (Wildman–Crippen MR) is 207 cm³/mol. The highest BCUT2D eigenvalue weighted by molar-refractivity contribution is 5.90. The SMILES string of the molecule is CC[C@H](C)[C@@H]([C@@H](CC(=O)N1CCC[C@H]1[C@H](OC)[C@@H](C)C(=O)CC(Cc1ccccc1)C(=O)O)OC)N(C)C(=O)[C@@H](CC(=O)[C@H](C(C)C)N(C)C)C(C)C. The molecule has 1 unspecified atom stereocenters. The lowest BCUT2D eigenvalue weighted by atomic mass is 9.83. The number of nitrogens with zero attached hydrogens (tertiary/aromatic N) is 3. The van der Waals surface area contributed by atoms with Crippen LogP contribution in [0.3, 0.4) is 0 Å². The van der Waals surface area contributed by atoms with Crippen molar-refractivity contribution >= 4 is 29.4 Å². The summed E-state index contributed by atoms with van der Waals surface area (Å²) in [6.07, 6.45) is 1.17. The van der Waals surface area contributed by atoms with Gasteiger partial charge in [-0.2, -0.15) is 0 Å². The van der Waals surface area contributed by atoms with Crippen LogP contribution in [0.25, 0.3) is 0 Å². The van der Waals surface area contributed by atoms with E-state index in [4.69, 9.17) is 9.47 Å². The molecule has 11 heteroatoms. The summed E-state index contributed by atoms with van der Waals surface area (Å²) in [6, 6.07) is 8.18. The van der Waals surface area contributed by atoms with Crippen molar-refractivity contribution in [2.75, 3.05) is 41.9 Å². The Morgan fingerprint density at radius 1 is 0.868 bits per heavy atom. The fourth-order valence-corrected chi connectivity index (χ4v) is 8.38. The molecule has 300 valence electrons. The standard InChI is InChI=1S/C42H69N3O8/c1-13-28(6)39(44(10)41(49)32(26(2)3)24-35(47)38(27(4)5)43(8)9)36(52-11)25-37(48)45-21-17-20-33(45)40(53-12)29(7)34(46)23-31(42(50)51)22-30-18-15-14-16-19-30/h14-16,18-19,26-29,31-33,36,38-40H,13,17,20-25H2,1-12H3,(H,50,51)/t28-,29-,31?,32-,33-,36+,38-,39-,40+/m0/s1. The van der Waals surface area contributed by atoms with Gasteiger partial charge in [0.15, 0.2) is 5.78 Å². The number of ether oxygens (including phenoxy) is 2. The zero-order valence-electron chi connectivity index (χ0n) is 34.5. The van der Waals surface area contributed by atoms with Gasteiger partial charge in [-0.1, -0.05) is 85.2 Å². The van der Waals surface area contributed by atoms with E-state index in [9.17, 15) is 29.1 Å².